The van der Waals surface area contributed by atoms with Crippen LogP contribution in [0, 0.1) is 0 Å². The van der Waals surface area contributed by atoms with Crippen LogP contribution in [0.2, 0.25) is 0 Å². The topological polar surface area (TPSA) is 47.6 Å². The van der Waals surface area contributed by atoms with E-state index in [1.807, 2.05) is 0 Å². The van der Waals surface area contributed by atoms with Crippen LogP contribution in [0.5, 0.6) is 0 Å². The highest BCUT2D eigenvalue weighted by atomic mass is 16.7. The highest BCUT2D eigenvalue weighted by Crippen LogP contribution is 2.08. The SMILES string of the molecule is CCCC(CCC)NC(=O)C1COCO1. The smallest absolute Gasteiger partial charge is 0.251 e. The molecule has 0 bridgehead atoms. The number of carbonyl (C=O) groups excluding carboxylic acids is 1. The lowest BCUT2D eigenvalue weighted by molar-refractivity contribution is -0.130. The zero-order valence-electron chi connectivity index (χ0n) is 9.62. The molecule has 1 rings (SSSR count). The van der Waals surface area contributed by atoms with Crippen LogP contribution in [0.25, 0.3) is 0 Å². The fourth-order valence-electron chi connectivity index (χ4n) is 1.76. The molecule has 88 valence electrons. The summed E-state index contributed by atoms with van der Waals surface area (Å²) in [5.74, 6) is -0.0283. The summed E-state index contributed by atoms with van der Waals surface area (Å²) in [7, 11) is 0. The van der Waals surface area contributed by atoms with E-state index in [1.54, 1.807) is 0 Å². The van der Waals surface area contributed by atoms with E-state index in [9.17, 15) is 4.79 Å². The number of ether oxygens (including phenoxy) is 2. The maximum Gasteiger partial charge on any atom is 0.251 e. The molecule has 0 spiro atoms. The summed E-state index contributed by atoms with van der Waals surface area (Å²) in [5.41, 5.74) is 0. The molecule has 1 unspecified atom stereocenters. The van der Waals surface area contributed by atoms with Gasteiger partial charge in [0.05, 0.1) is 6.61 Å². The van der Waals surface area contributed by atoms with E-state index in [0.717, 1.165) is 25.7 Å². The third-order valence-electron chi connectivity index (χ3n) is 2.53. The Morgan fingerprint density at radius 1 is 1.40 bits per heavy atom. The maximum atomic E-state index is 11.7. The highest BCUT2D eigenvalue weighted by Gasteiger charge is 2.25. The lowest BCUT2D eigenvalue weighted by atomic mass is 10.1. The predicted molar refractivity (Wildman–Crippen MR) is 57.4 cm³/mol. The van der Waals surface area contributed by atoms with Crippen LogP contribution in [-0.2, 0) is 14.3 Å². The highest BCUT2D eigenvalue weighted by molar-refractivity contribution is 5.81. The Labute approximate surface area is 91.3 Å². The van der Waals surface area contributed by atoms with Gasteiger partial charge in [-0.2, -0.15) is 0 Å². The number of amides is 1. The molecule has 0 saturated carbocycles. The van der Waals surface area contributed by atoms with E-state index in [-0.39, 0.29) is 18.7 Å². The molecule has 4 nitrogen and oxygen atoms in total. The molecule has 1 N–H and O–H groups in total. The van der Waals surface area contributed by atoms with E-state index in [2.05, 4.69) is 19.2 Å². The summed E-state index contributed by atoms with van der Waals surface area (Å²) >= 11 is 0. The molecule has 0 aromatic heterocycles. The zero-order valence-corrected chi connectivity index (χ0v) is 9.62. The first-order valence-electron chi connectivity index (χ1n) is 5.77. The van der Waals surface area contributed by atoms with Crippen LogP contribution in [0.3, 0.4) is 0 Å². The summed E-state index contributed by atoms with van der Waals surface area (Å²) in [6.07, 6.45) is 3.85. The summed E-state index contributed by atoms with van der Waals surface area (Å²) in [5, 5.41) is 3.02. The molecular formula is C11H21NO3. The van der Waals surface area contributed by atoms with Crippen molar-refractivity contribution in [1.82, 2.24) is 5.32 Å². The Kier molecular flexibility index (Phi) is 5.65. The van der Waals surface area contributed by atoms with Gasteiger partial charge < -0.3 is 14.8 Å². The van der Waals surface area contributed by atoms with Crippen molar-refractivity contribution in [2.75, 3.05) is 13.4 Å². The van der Waals surface area contributed by atoms with Gasteiger partial charge in [-0.3, -0.25) is 4.79 Å². The Balaban J connectivity index is 2.31. The number of nitrogens with one attached hydrogen (secondary N) is 1. The minimum atomic E-state index is -0.402. The van der Waals surface area contributed by atoms with E-state index in [4.69, 9.17) is 9.47 Å². The van der Waals surface area contributed by atoms with Crippen molar-refractivity contribution in [3.05, 3.63) is 0 Å². The minimum Gasteiger partial charge on any atom is -0.352 e. The average molecular weight is 215 g/mol. The van der Waals surface area contributed by atoms with Crippen molar-refractivity contribution in [3.63, 3.8) is 0 Å². The minimum absolute atomic E-state index is 0.0283. The Morgan fingerprint density at radius 2 is 2.07 bits per heavy atom. The molecule has 1 aliphatic rings. The lowest BCUT2D eigenvalue weighted by Crippen LogP contribution is -2.42. The van der Waals surface area contributed by atoms with Crippen LogP contribution < -0.4 is 5.32 Å². The van der Waals surface area contributed by atoms with Gasteiger partial charge in [-0.1, -0.05) is 26.7 Å². The largest absolute Gasteiger partial charge is 0.352 e. The van der Waals surface area contributed by atoms with Crippen molar-refractivity contribution in [3.8, 4) is 0 Å². The van der Waals surface area contributed by atoms with Gasteiger partial charge in [-0.15, -0.1) is 0 Å². The first kappa shape index (κ1) is 12.5. The van der Waals surface area contributed by atoms with Gasteiger partial charge in [0.15, 0.2) is 6.10 Å². The number of rotatable bonds is 6. The Hall–Kier alpha value is -0.610. The van der Waals surface area contributed by atoms with Crippen LogP contribution in [0.15, 0.2) is 0 Å². The molecule has 4 heteroatoms. The molecular weight excluding hydrogens is 194 g/mol. The molecule has 1 fully saturated rings. The van der Waals surface area contributed by atoms with Crippen LogP contribution >= 0.6 is 0 Å². The lowest BCUT2D eigenvalue weighted by Gasteiger charge is -2.18. The average Bonchev–Trinajstić information content (AvgIpc) is 2.71. The summed E-state index contributed by atoms with van der Waals surface area (Å²) < 4.78 is 10.1. The maximum absolute atomic E-state index is 11.7. The van der Waals surface area contributed by atoms with Gasteiger partial charge in [0.2, 0.25) is 0 Å². The van der Waals surface area contributed by atoms with E-state index in [1.165, 1.54) is 0 Å². The first-order valence-corrected chi connectivity index (χ1v) is 5.77. The van der Waals surface area contributed by atoms with Gasteiger partial charge in [0.25, 0.3) is 5.91 Å². The van der Waals surface area contributed by atoms with Crippen molar-refractivity contribution < 1.29 is 14.3 Å². The van der Waals surface area contributed by atoms with Gasteiger partial charge >= 0.3 is 0 Å². The summed E-state index contributed by atoms with van der Waals surface area (Å²) in [6.45, 7) is 4.88. The standard InChI is InChI=1S/C11H21NO3/c1-3-5-9(6-4-2)12-11(13)10-7-14-8-15-10/h9-10H,3-8H2,1-2H3,(H,12,13). The normalized spacial score (nSPS) is 20.9. The third-order valence-corrected chi connectivity index (χ3v) is 2.53. The third kappa shape index (κ3) is 4.18. The quantitative estimate of drug-likeness (QED) is 0.729. The Morgan fingerprint density at radius 3 is 2.53 bits per heavy atom. The molecule has 1 heterocycles. The van der Waals surface area contributed by atoms with Gasteiger partial charge in [-0.05, 0) is 12.8 Å². The van der Waals surface area contributed by atoms with Crippen LogP contribution in [0.1, 0.15) is 39.5 Å². The molecule has 1 saturated heterocycles. The molecule has 0 aromatic rings. The zero-order chi connectivity index (χ0) is 11.1. The van der Waals surface area contributed by atoms with Crippen LogP contribution in [-0.4, -0.2) is 31.5 Å². The first-order chi connectivity index (χ1) is 7.27. The second kappa shape index (κ2) is 6.80. The number of hydrogen-bond acceptors (Lipinski definition) is 3. The fraction of sp³-hybridized carbons (Fsp3) is 0.909. The molecule has 1 amide bonds. The number of hydrogen-bond donors (Lipinski definition) is 1. The van der Waals surface area contributed by atoms with Gasteiger partial charge in [0, 0.05) is 6.04 Å². The summed E-state index contributed by atoms with van der Waals surface area (Å²) in [4.78, 5) is 11.7. The Bertz CT molecular complexity index is 184. The van der Waals surface area contributed by atoms with E-state index >= 15 is 0 Å². The second-order valence-corrected chi connectivity index (χ2v) is 3.93. The van der Waals surface area contributed by atoms with Crippen molar-refractivity contribution in [2.24, 2.45) is 0 Å². The van der Waals surface area contributed by atoms with E-state index < -0.39 is 6.10 Å². The van der Waals surface area contributed by atoms with E-state index in [0.29, 0.717) is 6.61 Å². The molecule has 1 aliphatic heterocycles. The van der Waals surface area contributed by atoms with Gasteiger partial charge in [0.1, 0.15) is 6.79 Å². The molecule has 0 radical (unpaired) electrons. The number of carbonyl (C=O) groups is 1. The second-order valence-electron chi connectivity index (χ2n) is 3.93. The van der Waals surface area contributed by atoms with Gasteiger partial charge in [-0.25, -0.2) is 0 Å². The predicted octanol–water partition coefficient (Wildman–Crippen LogP) is 1.44. The summed E-state index contributed by atoms with van der Waals surface area (Å²) in [6, 6.07) is 0.289. The molecule has 1 atom stereocenters. The molecule has 15 heavy (non-hydrogen) atoms. The van der Waals surface area contributed by atoms with Crippen LogP contribution in [0.4, 0.5) is 0 Å². The molecule has 0 aromatic carbocycles. The van der Waals surface area contributed by atoms with Crippen molar-refractivity contribution in [1.29, 1.82) is 0 Å². The van der Waals surface area contributed by atoms with Crippen molar-refractivity contribution in [2.45, 2.75) is 51.7 Å². The fourth-order valence-corrected chi connectivity index (χ4v) is 1.76. The molecule has 0 aliphatic carbocycles. The monoisotopic (exact) mass is 215 g/mol. The van der Waals surface area contributed by atoms with Crippen molar-refractivity contribution >= 4 is 5.91 Å².